The second-order valence-electron chi connectivity index (χ2n) is 4.67. The second kappa shape index (κ2) is 8.46. The standard InChI is InChI=1S/C15H15ClN2O4S2/c1-3-22-14(21)7-18-11-5-4-10(16)6-12(11)24-15(18)17-13(20)8-23-9(2)19/h4-6H,3,7-8H2,1-2H3. The van der Waals surface area contributed by atoms with Crippen LogP contribution in [0.5, 0.6) is 0 Å². The third kappa shape index (κ3) is 4.93. The van der Waals surface area contributed by atoms with Crippen LogP contribution in [0.3, 0.4) is 0 Å². The highest BCUT2D eigenvalue weighted by Gasteiger charge is 2.13. The van der Waals surface area contributed by atoms with Crippen molar-refractivity contribution in [2.24, 2.45) is 4.99 Å². The lowest BCUT2D eigenvalue weighted by atomic mass is 10.3. The summed E-state index contributed by atoms with van der Waals surface area (Å²) < 4.78 is 7.39. The molecule has 1 aromatic heterocycles. The Bertz CT molecular complexity index is 857. The van der Waals surface area contributed by atoms with E-state index in [4.69, 9.17) is 16.3 Å². The predicted octanol–water partition coefficient (Wildman–Crippen LogP) is 2.63. The average molecular weight is 387 g/mol. The normalized spacial score (nSPS) is 11.7. The number of ether oxygens (including phenoxy) is 1. The van der Waals surface area contributed by atoms with Crippen molar-refractivity contribution in [2.45, 2.75) is 20.4 Å². The van der Waals surface area contributed by atoms with Crippen LogP contribution in [0.2, 0.25) is 5.02 Å². The molecule has 2 aromatic rings. The second-order valence-corrected chi connectivity index (χ2v) is 7.27. The number of thiazole rings is 1. The van der Waals surface area contributed by atoms with Crippen LogP contribution < -0.4 is 4.80 Å². The third-order valence-electron chi connectivity index (χ3n) is 2.86. The molecule has 0 aliphatic rings. The molecular weight excluding hydrogens is 372 g/mol. The number of carbonyl (C=O) groups is 3. The lowest BCUT2D eigenvalue weighted by Gasteiger charge is -2.05. The van der Waals surface area contributed by atoms with Crippen molar-refractivity contribution in [1.82, 2.24) is 4.57 Å². The first-order valence-electron chi connectivity index (χ1n) is 7.06. The van der Waals surface area contributed by atoms with Crippen molar-refractivity contribution in [1.29, 1.82) is 0 Å². The van der Waals surface area contributed by atoms with Gasteiger partial charge in [-0.3, -0.25) is 14.4 Å². The fraction of sp³-hybridized carbons (Fsp3) is 0.333. The van der Waals surface area contributed by atoms with Crippen LogP contribution in [0.1, 0.15) is 13.8 Å². The largest absolute Gasteiger partial charge is 0.465 e. The van der Waals surface area contributed by atoms with Gasteiger partial charge in [-0.1, -0.05) is 34.7 Å². The van der Waals surface area contributed by atoms with Gasteiger partial charge in [0.1, 0.15) is 6.54 Å². The van der Waals surface area contributed by atoms with Gasteiger partial charge in [-0.05, 0) is 25.1 Å². The van der Waals surface area contributed by atoms with E-state index in [9.17, 15) is 14.4 Å². The number of benzene rings is 1. The monoisotopic (exact) mass is 386 g/mol. The minimum absolute atomic E-state index is 0.0380. The first-order valence-corrected chi connectivity index (χ1v) is 9.24. The summed E-state index contributed by atoms with van der Waals surface area (Å²) in [7, 11) is 0. The van der Waals surface area contributed by atoms with Crippen molar-refractivity contribution in [2.75, 3.05) is 12.4 Å². The maximum absolute atomic E-state index is 11.9. The zero-order chi connectivity index (χ0) is 17.7. The van der Waals surface area contributed by atoms with Crippen molar-refractivity contribution in [3.63, 3.8) is 0 Å². The number of amides is 1. The van der Waals surface area contributed by atoms with Crippen molar-refractivity contribution in [3.8, 4) is 0 Å². The highest BCUT2D eigenvalue weighted by atomic mass is 35.5. The molecule has 0 N–H and O–H groups in total. The number of rotatable bonds is 5. The molecule has 0 radical (unpaired) electrons. The summed E-state index contributed by atoms with van der Waals surface area (Å²) in [4.78, 5) is 39.1. The van der Waals surface area contributed by atoms with E-state index >= 15 is 0 Å². The molecule has 1 amide bonds. The number of thioether (sulfide) groups is 1. The first kappa shape index (κ1) is 18.7. The maximum Gasteiger partial charge on any atom is 0.326 e. The molecule has 0 aliphatic carbocycles. The van der Waals surface area contributed by atoms with E-state index in [2.05, 4.69) is 4.99 Å². The fourth-order valence-corrected chi connectivity index (χ4v) is 3.64. The van der Waals surface area contributed by atoms with Gasteiger partial charge < -0.3 is 9.30 Å². The first-order chi connectivity index (χ1) is 11.4. The van der Waals surface area contributed by atoms with E-state index in [1.165, 1.54) is 18.3 Å². The summed E-state index contributed by atoms with van der Waals surface area (Å²) in [5.74, 6) is -0.895. The molecule has 0 fully saturated rings. The lowest BCUT2D eigenvalue weighted by molar-refractivity contribution is -0.143. The maximum atomic E-state index is 11.9. The van der Waals surface area contributed by atoms with Gasteiger partial charge in [0.15, 0.2) is 9.92 Å². The van der Waals surface area contributed by atoms with Gasteiger partial charge >= 0.3 is 5.97 Å². The Labute approximate surface area is 151 Å². The summed E-state index contributed by atoms with van der Waals surface area (Å²) in [5.41, 5.74) is 0.739. The summed E-state index contributed by atoms with van der Waals surface area (Å²) in [5, 5.41) is 0.401. The molecule has 9 heteroatoms. The molecule has 0 bridgehead atoms. The average Bonchev–Trinajstić information content (AvgIpc) is 2.82. The van der Waals surface area contributed by atoms with Gasteiger partial charge in [0.2, 0.25) is 0 Å². The zero-order valence-corrected chi connectivity index (χ0v) is 15.5. The molecule has 0 saturated heterocycles. The van der Waals surface area contributed by atoms with Gasteiger partial charge in [0, 0.05) is 11.9 Å². The van der Waals surface area contributed by atoms with Gasteiger partial charge in [-0.25, -0.2) is 0 Å². The van der Waals surface area contributed by atoms with Crippen molar-refractivity contribution in [3.05, 3.63) is 28.0 Å². The molecule has 0 unspecified atom stereocenters. The summed E-state index contributed by atoms with van der Waals surface area (Å²) in [6.07, 6.45) is 0. The SMILES string of the molecule is CCOC(=O)Cn1c(=NC(=O)CSC(C)=O)sc2cc(Cl)ccc21. The number of hydrogen-bond donors (Lipinski definition) is 0. The van der Waals surface area contributed by atoms with Gasteiger partial charge in [0.05, 0.1) is 22.6 Å². The minimum atomic E-state index is -0.439. The fourth-order valence-electron chi connectivity index (χ4n) is 1.92. The Kier molecular flexibility index (Phi) is 6.59. The van der Waals surface area contributed by atoms with E-state index in [1.54, 1.807) is 29.7 Å². The number of esters is 1. The number of carbonyl (C=O) groups excluding carboxylic acids is 3. The molecule has 1 heterocycles. The number of nitrogens with zero attached hydrogens (tertiary/aromatic N) is 2. The number of fused-ring (bicyclic) bond motifs is 1. The lowest BCUT2D eigenvalue weighted by Crippen LogP contribution is -2.23. The Morgan fingerprint density at radius 3 is 2.79 bits per heavy atom. The van der Waals surface area contributed by atoms with E-state index < -0.39 is 11.9 Å². The van der Waals surface area contributed by atoms with E-state index in [0.717, 1.165) is 22.0 Å². The van der Waals surface area contributed by atoms with Crippen LogP contribution in [-0.2, 0) is 25.7 Å². The summed E-state index contributed by atoms with van der Waals surface area (Å²) in [6, 6.07) is 5.22. The molecule has 0 atom stereocenters. The number of aromatic nitrogens is 1. The summed E-state index contributed by atoms with van der Waals surface area (Å²) in [6.45, 7) is 3.33. The van der Waals surface area contributed by atoms with Crippen LogP contribution >= 0.6 is 34.7 Å². The number of hydrogen-bond acceptors (Lipinski definition) is 6. The van der Waals surface area contributed by atoms with E-state index in [-0.39, 0.29) is 24.0 Å². The molecule has 6 nitrogen and oxygen atoms in total. The molecule has 24 heavy (non-hydrogen) atoms. The molecule has 2 rings (SSSR count). The molecule has 1 aromatic carbocycles. The Balaban J connectivity index is 2.44. The van der Waals surface area contributed by atoms with Crippen LogP contribution in [-0.4, -0.2) is 33.9 Å². The van der Waals surface area contributed by atoms with Gasteiger partial charge in [-0.15, -0.1) is 0 Å². The molecule has 0 saturated carbocycles. The number of halogens is 1. The Morgan fingerprint density at radius 1 is 1.38 bits per heavy atom. The topological polar surface area (TPSA) is 77.7 Å². The van der Waals surface area contributed by atoms with Crippen LogP contribution in [0.25, 0.3) is 10.2 Å². The quantitative estimate of drug-likeness (QED) is 0.738. The smallest absolute Gasteiger partial charge is 0.326 e. The molecule has 128 valence electrons. The molecular formula is C15H15ClN2O4S2. The van der Waals surface area contributed by atoms with E-state index in [1.807, 2.05) is 0 Å². The van der Waals surface area contributed by atoms with Crippen molar-refractivity contribution >= 4 is 61.9 Å². The van der Waals surface area contributed by atoms with E-state index in [0.29, 0.717) is 9.82 Å². The summed E-state index contributed by atoms with van der Waals surface area (Å²) >= 11 is 8.14. The van der Waals surface area contributed by atoms with Gasteiger partial charge in [-0.2, -0.15) is 4.99 Å². The zero-order valence-electron chi connectivity index (χ0n) is 13.1. The Morgan fingerprint density at radius 2 is 2.12 bits per heavy atom. The predicted molar refractivity (Wildman–Crippen MR) is 95.2 cm³/mol. The van der Waals surface area contributed by atoms with Crippen LogP contribution in [0, 0.1) is 0 Å². The van der Waals surface area contributed by atoms with Crippen LogP contribution in [0.15, 0.2) is 23.2 Å². The van der Waals surface area contributed by atoms with Crippen LogP contribution in [0.4, 0.5) is 0 Å². The van der Waals surface area contributed by atoms with Gasteiger partial charge in [0.25, 0.3) is 5.91 Å². The van der Waals surface area contributed by atoms with Crippen molar-refractivity contribution < 1.29 is 19.1 Å². The molecule has 0 spiro atoms. The minimum Gasteiger partial charge on any atom is -0.465 e. The molecule has 0 aliphatic heterocycles. The highest BCUT2D eigenvalue weighted by Crippen LogP contribution is 2.22. The highest BCUT2D eigenvalue weighted by molar-refractivity contribution is 8.14. The third-order valence-corrected chi connectivity index (χ3v) is 4.93. The Hall–Kier alpha value is -1.64.